The molecule has 0 amide bonds. The summed E-state index contributed by atoms with van der Waals surface area (Å²) in [5.74, 6) is 2.28. The maximum Gasteiger partial charge on any atom is 0.0700 e. The van der Waals surface area contributed by atoms with Gasteiger partial charge in [0.15, 0.2) is 0 Å². The lowest BCUT2D eigenvalue weighted by atomic mass is 9.95. The molecule has 0 aromatic heterocycles. The van der Waals surface area contributed by atoms with Gasteiger partial charge in [-0.1, -0.05) is 17.3 Å². The first kappa shape index (κ1) is 12.4. The molecule has 1 saturated carbocycles. The fourth-order valence-electron chi connectivity index (χ4n) is 2.69. The van der Waals surface area contributed by atoms with E-state index in [9.17, 15) is 0 Å². The lowest BCUT2D eigenvalue weighted by Gasteiger charge is -2.17. The Bertz CT molecular complexity index is 313. The lowest BCUT2D eigenvalue weighted by Crippen LogP contribution is -2.16. The number of rotatable bonds is 8. The minimum atomic E-state index is 0.397. The Morgan fingerprint density at radius 2 is 2.06 bits per heavy atom. The van der Waals surface area contributed by atoms with Crippen LogP contribution in [-0.2, 0) is 9.47 Å². The fraction of sp³-hybridized carbons (Fsp3) is 0.833. The second kappa shape index (κ2) is 6.64. The van der Waals surface area contributed by atoms with Crippen LogP contribution in [0.1, 0.15) is 12.8 Å². The van der Waals surface area contributed by atoms with Gasteiger partial charge in [-0.2, -0.15) is 0 Å². The molecule has 0 aliphatic heterocycles. The van der Waals surface area contributed by atoms with Gasteiger partial charge in [0.25, 0.3) is 0 Å². The third kappa shape index (κ3) is 3.73. The van der Waals surface area contributed by atoms with Crippen molar-refractivity contribution in [1.29, 1.82) is 0 Å². The summed E-state index contributed by atoms with van der Waals surface area (Å²) in [6.07, 6.45) is 7.31. The Kier molecular flexibility index (Phi) is 4.86. The van der Waals surface area contributed by atoms with Gasteiger partial charge in [0.2, 0.25) is 0 Å². The summed E-state index contributed by atoms with van der Waals surface area (Å²) in [7, 11) is 0. The molecule has 94 valence electrons. The maximum absolute atomic E-state index is 8.05. The van der Waals surface area contributed by atoms with E-state index in [0.717, 1.165) is 18.4 Å². The van der Waals surface area contributed by atoms with Crippen molar-refractivity contribution in [3.63, 3.8) is 0 Å². The van der Waals surface area contributed by atoms with E-state index in [1.807, 2.05) is 0 Å². The summed E-state index contributed by atoms with van der Waals surface area (Å²) in [6.45, 7) is 2.94. The molecule has 3 atom stereocenters. The summed E-state index contributed by atoms with van der Waals surface area (Å²) >= 11 is 0. The van der Waals surface area contributed by atoms with Crippen LogP contribution in [0.5, 0.6) is 0 Å². The molecule has 1 fully saturated rings. The van der Waals surface area contributed by atoms with E-state index in [-0.39, 0.29) is 0 Å². The highest BCUT2D eigenvalue weighted by Crippen LogP contribution is 2.43. The topological polar surface area (TPSA) is 67.2 Å². The van der Waals surface area contributed by atoms with Gasteiger partial charge in [-0.25, -0.2) is 0 Å². The van der Waals surface area contributed by atoms with Gasteiger partial charge < -0.3 is 9.47 Å². The Labute approximate surface area is 101 Å². The molecule has 2 rings (SSSR count). The van der Waals surface area contributed by atoms with Crippen molar-refractivity contribution >= 4 is 0 Å². The van der Waals surface area contributed by atoms with Crippen LogP contribution in [0.4, 0.5) is 0 Å². The van der Waals surface area contributed by atoms with Crippen molar-refractivity contribution in [3.8, 4) is 0 Å². The van der Waals surface area contributed by atoms with Crippen molar-refractivity contribution < 1.29 is 9.47 Å². The average molecular weight is 237 g/mol. The third-order valence-electron chi connectivity index (χ3n) is 3.52. The number of hydrogen-bond acceptors (Lipinski definition) is 3. The second-order valence-corrected chi connectivity index (χ2v) is 4.68. The normalized spacial score (nSPS) is 29.5. The predicted octanol–water partition coefficient (Wildman–Crippen LogP) is 2.54. The van der Waals surface area contributed by atoms with Crippen LogP contribution in [0.25, 0.3) is 10.4 Å². The fourth-order valence-corrected chi connectivity index (χ4v) is 2.69. The van der Waals surface area contributed by atoms with Crippen molar-refractivity contribution in [1.82, 2.24) is 0 Å². The van der Waals surface area contributed by atoms with Crippen LogP contribution in [0.3, 0.4) is 0 Å². The van der Waals surface area contributed by atoms with Crippen molar-refractivity contribution in [2.75, 3.05) is 33.0 Å². The van der Waals surface area contributed by atoms with E-state index < -0.39 is 0 Å². The molecule has 2 aliphatic carbocycles. The minimum Gasteiger partial charge on any atom is -0.379 e. The number of nitrogens with zero attached hydrogens (tertiary/aromatic N) is 3. The summed E-state index contributed by atoms with van der Waals surface area (Å²) in [5.41, 5.74) is 8.05. The summed E-state index contributed by atoms with van der Waals surface area (Å²) in [6, 6.07) is 0. The SMILES string of the molecule is [N-]=[N+]=NCCOCCOCC1CC2C=CC1C2. The summed E-state index contributed by atoms with van der Waals surface area (Å²) < 4.78 is 10.9. The largest absolute Gasteiger partial charge is 0.379 e. The van der Waals surface area contributed by atoms with E-state index in [1.165, 1.54) is 12.8 Å². The standard InChI is InChI=1S/C12H19N3O2/c13-15-14-3-4-16-5-6-17-9-12-8-10-1-2-11(12)7-10/h1-2,10-12H,3-9H2. The molecular formula is C12H19N3O2. The smallest absolute Gasteiger partial charge is 0.0700 e. The van der Waals surface area contributed by atoms with Crippen molar-refractivity contribution in [3.05, 3.63) is 22.6 Å². The van der Waals surface area contributed by atoms with E-state index in [2.05, 4.69) is 22.2 Å². The molecule has 3 unspecified atom stereocenters. The summed E-state index contributed by atoms with van der Waals surface area (Å²) in [5, 5.41) is 3.39. The van der Waals surface area contributed by atoms with Gasteiger partial charge in [0, 0.05) is 11.5 Å². The lowest BCUT2D eigenvalue weighted by molar-refractivity contribution is 0.0320. The minimum absolute atomic E-state index is 0.397. The highest BCUT2D eigenvalue weighted by Gasteiger charge is 2.35. The first-order chi connectivity index (χ1) is 8.40. The molecule has 0 spiro atoms. The zero-order valence-corrected chi connectivity index (χ0v) is 9.99. The molecule has 0 aromatic carbocycles. The van der Waals surface area contributed by atoms with Crippen molar-refractivity contribution in [2.45, 2.75) is 12.8 Å². The Balaban J connectivity index is 1.44. The van der Waals surface area contributed by atoms with Gasteiger partial charge in [0.05, 0.1) is 26.4 Å². The molecule has 5 heteroatoms. The van der Waals surface area contributed by atoms with Crippen LogP contribution >= 0.6 is 0 Å². The zero-order chi connectivity index (χ0) is 11.9. The van der Waals surface area contributed by atoms with Crippen molar-refractivity contribution in [2.24, 2.45) is 22.9 Å². The van der Waals surface area contributed by atoms with E-state index in [4.69, 9.17) is 15.0 Å². The van der Waals surface area contributed by atoms with E-state index in [0.29, 0.717) is 32.3 Å². The van der Waals surface area contributed by atoms with Crippen LogP contribution in [0, 0.1) is 17.8 Å². The number of ether oxygens (including phenoxy) is 2. The molecule has 0 N–H and O–H groups in total. The highest BCUT2D eigenvalue weighted by atomic mass is 16.5. The molecule has 5 nitrogen and oxygen atoms in total. The number of hydrogen-bond donors (Lipinski definition) is 0. The van der Waals surface area contributed by atoms with Crippen LogP contribution < -0.4 is 0 Å². The monoisotopic (exact) mass is 237 g/mol. The zero-order valence-electron chi connectivity index (χ0n) is 9.99. The van der Waals surface area contributed by atoms with E-state index >= 15 is 0 Å². The first-order valence-corrected chi connectivity index (χ1v) is 6.25. The van der Waals surface area contributed by atoms with Gasteiger partial charge >= 0.3 is 0 Å². The first-order valence-electron chi connectivity index (χ1n) is 6.25. The maximum atomic E-state index is 8.05. The Morgan fingerprint density at radius 3 is 2.76 bits per heavy atom. The summed E-state index contributed by atoms with van der Waals surface area (Å²) in [4.78, 5) is 2.65. The molecule has 0 aromatic rings. The van der Waals surface area contributed by atoms with Gasteiger partial charge in [-0.3, -0.25) is 0 Å². The third-order valence-corrected chi connectivity index (χ3v) is 3.52. The molecule has 0 saturated heterocycles. The van der Waals surface area contributed by atoms with E-state index in [1.54, 1.807) is 0 Å². The number of azide groups is 1. The van der Waals surface area contributed by atoms with Gasteiger partial charge in [-0.05, 0) is 36.1 Å². The van der Waals surface area contributed by atoms with Crippen LogP contribution in [0.2, 0.25) is 0 Å². The van der Waals surface area contributed by atoms with Crippen LogP contribution in [0.15, 0.2) is 17.3 Å². The van der Waals surface area contributed by atoms with Crippen LogP contribution in [-0.4, -0.2) is 33.0 Å². The Morgan fingerprint density at radius 1 is 1.18 bits per heavy atom. The number of fused-ring (bicyclic) bond motifs is 2. The Hall–Kier alpha value is -1.03. The molecule has 0 radical (unpaired) electrons. The average Bonchev–Trinajstić information content (AvgIpc) is 2.94. The molecule has 0 heterocycles. The van der Waals surface area contributed by atoms with Gasteiger partial charge in [0.1, 0.15) is 0 Å². The molecular weight excluding hydrogens is 218 g/mol. The molecule has 2 aliphatic rings. The second-order valence-electron chi connectivity index (χ2n) is 4.68. The quantitative estimate of drug-likeness (QED) is 0.214. The molecule has 2 bridgehead atoms. The predicted molar refractivity (Wildman–Crippen MR) is 64.5 cm³/mol. The number of allylic oxidation sites excluding steroid dienone is 2. The highest BCUT2D eigenvalue weighted by molar-refractivity contribution is 5.09. The van der Waals surface area contributed by atoms with Gasteiger partial charge in [-0.15, -0.1) is 0 Å². The molecule has 17 heavy (non-hydrogen) atoms.